The second-order valence-electron chi connectivity index (χ2n) is 0. The first kappa shape index (κ1) is 23.6. The van der Waals surface area contributed by atoms with Gasteiger partial charge in [0.25, 0.3) is 0 Å². The molecule has 1 heteroatoms. The summed E-state index contributed by atoms with van der Waals surface area (Å²) in [6, 6.07) is 0. The van der Waals surface area contributed by atoms with Crippen LogP contribution in [0.5, 0.6) is 0 Å². The molecule has 0 heterocycles. The van der Waals surface area contributed by atoms with E-state index < -0.39 is 0 Å². The smallest absolute Gasteiger partial charge is 0.112 e. The minimum Gasteiger partial charge on any atom is -0.112 e. The molecule has 0 N–H and O–H groups in total. The van der Waals surface area contributed by atoms with Gasteiger partial charge in [0, 0.05) is 1.43 Å². The summed E-state index contributed by atoms with van der Waals surface area (Å²) in [5.74, 6) is 2.14. The van der Waals surface area contributed by atoms with Crippen molar-refractivity contribution in [1.82, 2.24) is 0 Å². The van der Waals surface area contributed by atoms with E-state index in [-0.39, 0.29) is 1.43 Å². The van der Waals surface area contributed by atoms with Crippen LogP contribution >= 0.6 is 0 Å². The molecule has 8 heavy (non-hydrogen) atoms. The number of rotatable bonds is 0. The summed E-state index contributed by atoms with van der Waals surface area (Å²) >= 11 is 1.31. The molecule has 0 unspecified atom stereocenters. The average molecular weight is 138 g/mol. The van der Waals surface area contributed by atoms with Gasteiger partial charge in [-0.2, -0.15) is 0 Å². The molecule has 0 aromatic carbocycles. The molecular formula is C7H25Al. The Kier molecular flexibility index (Phi) is 3340. The molecule has 0 radical (unpaired) electrons. The van der Waals surface area contributed by atoms with Crippen LogP contribution in [0.4, 0.5) is 0 Å². The molecule has 0 aromatic rings. The van der Waals surface area contributed by atoms with E-state index in [1.165, 1.54) is 16.3 Å². The van der Waals surface area contributed by atoms with Crippen molar-refractivity contribution in [2.75, 3.05) is 0 Å². The number of hydrogen-bond donors (Lipinski definition) is 0. The Balaban J connectivity index is -0.00000000762. The molecule has 0 nitrogen and oxygen atoms in total. The van der Waals surface area contributed by atoms with Gasteiger partial charge in [0.1, 0.15) is 0 Å². The van der Waals surface area contributed by atoms with E-state index in [1.807, 2.05) is 41.5 Å². The van der Waals surface area contributed by atoms with E-state index >= 15 is 0 Å². The molecule has 56 valence electrons. The quantitative estimate of drug-likeness (QED) is 0.451. The molecular weight excluding hydrogens is 111 g/mol. The van der Waals surface area contributed by atoms with Crippen LogP contribution in [0.2, 0.25) is 5.79 Å². The molecule has 0 aliphatic rings. The molecule has 0 fully saturated rings. The highest BCUT2D eigenvalue weighted by Crippen LogP contribution is 1.15. The van der Waals surface area contributed by atoms with E-state index in [1.54, 1.807) is 0 Å². The van der Waals surface area contributed by atoms with Crippen LogP contribution in [0.3, 0.4) is 0 Å². The summed E-state index contributed by atoms with van der Waals surface area (Å²) in [4.78, 5) is 0. The lowest BCUT2D eigenvalue weighted by Gasteiger charge is -1.07. The standard InChI is InChI=1S/3C2H6.CH3.Al.H2.2H/c3*1-2;;;;;/h3*1-2H3;1H3;;1H;;/i;;;;;1+2;;. The van der Waals surface area contributed by atoms with Crippen molar-refractivity contribution >= 4 is 16.3 Å². The van der Waals surface area contributed by atoms with E-state index in [0.717, 1.165) is 0 Å². The molecule has 0 aromatic heterocycles. The monoisotopic (exact) mass is 138 g/mol. The van der Waals surface area contributed by atoms with E-state index in [0.29, 0.717) is 0 Å². The largest absolute Gasteiger partial charge is 0.207 e. The first-order chi connectivity index (χ1) is 4.00. The van der Waals surface area contributed by atoms with Crippen molar-refractivity contribution in [2.45, 2.75) is 47.3 Å². The van der Waals surface area contributed by atoms with Gasteiger partial charge in [-0.25, -0.2) is 0 Å². The Bertz CT molecular complexity index is 8.88. The topological polar surface area (TPSA) is 0 Å². The molecule has 0 saturated heterocycles. The minimum absolute atomic E-state index is 0. The third kappa shape index (κ3) is 705. The maximum atomic E-state index is 2.14. The van der Waals surface area contributed by atoms with Gasteiger partial charge in [0.2, 0.25) is 16.3 Å². The van der Waals surface area contributed by atoms with Gasteiger partial charge >= 0.3 is 0 Å². The fourth-order valence-electron chi connectivity index (χ4n) is 0. The van der Waals surface area contributed by atoms with Crippen molar-refractivity contribution in [3.05, 3.63) is 0 Å². The summed E-state index contributed by atoms with van der Waals surface area (Å²) in [6.07, 6.45) is 0. The van der Waals surface area contributed by atoms with Crippen LogP contribution in [0.15, 0.2) is 0 Å². The van der Waals surface area contributed by atoms with Crippen LogP contribution in [0, 0.1) is 0 Å². The third-order valence-electron chi connectivity index (χ3n) is 0. The zero-order chi connectivity index (χ0) is 8.00. The van der Waals surface area contributed by atoms with Crippen LogP contribution in [-0.2, 0) is 0 Å². The predicted molar refractivity (Wildman–Crippen MR) is 50.6 cm³/mol. The predicted octanol–water partition coefficient (Wildman–Crippen LogP) is 2.99. The van der Waals surface area contributed by atoms with Crippen molar-refractivity contribution < 1.29 is 1.43 Å². The van der Waals surface area contributed by atoms with Crippen LogP contribution < -0.4 is 0 Å². The molecule has 0 spiro atoms. The summed E-state index contributed by atoms with van der Waals surface area (Å²) in [5, 5.41) is 0. The van der Waals surface area contributed by atoms with Gasteiger partial charge in [-0.1, -0.05) is 41.5 Å². The summed E-state index contributed by atoms with van der Waals surface area (Å²) in [7, 11) is 0. The molecule has 0 aliphatic heterocycles. The van der Waals surface area contributed by atoms with Crippen molar-refractivity contribution in [3.63, 3.8) is 0 Å². The minimum atomic E-state index is 0. The second-order valence-corrected chi connectivity index (χ2v) is 0. The molecule has 0 aliphatic carbocycles. The van der Waals surface area contributed by atoms with Crippen LogP contribution in [0.1, 0.15) is 43.0 Å². The normalized spacial score (nSPS) is 2.88. The number of hydrogen-bond acceptors (Lipinski definition) is 0. The van der Waals surface area contributed by atoms with E-state index in [9.17, 15) is 0 Å². The average Bonchev–Trinajstić information content (AvgIpc) is 2.03. The van der Waals surface area contributed by atoms with Gasteiger partial charge in [-0.05, 0) is 0 Å². The summed E-state index contributed by atoms with van der Waals surface area (Å²) < 4.78 is 0. The van der Waals surface area contributed by atoms with Crippen molar-refractivity contribution in [1.29, 1.82) is 0 Å². The summed E-state index contributed by atoms with van der Waals surface area (Å²) in [6.45, 7) is 12.0. The van der Waals surface area contributed by atoms with E-state index in [2.05, 4.69) is 5.79 Å². The highest BCUT2D eigenvalue weighted by atomic mass is 27.0. The van der Waals surface area contributed by atoms with Gasteiger partial charge in [-0.3, -0.25) is 0 Å². The zero-order valence-corrected chi connectivity index (χ0v) is 10.0. The van der Waals surface area contributed by atoms with Crippen LogP contribution in [0.25, 0.3) is 0 Å². The molecule has 0 atom stereocenters. The molecule has 0 saturated carbocycles. The Morgan fingerprint density at radius 3 is 0.625 bits per heavy atom. The Labute approximate surface area is 65.6 Å². The zero-order valence-electron chi connectivity index (χ0n) is 8.00. The Hall–Kier alpha value is 0.532. The Morgan fingerprint density at radius 1 is 0.625 bits per heavy atom. The molecule has 0 amide bonds. The van der Waals surface area contributed by atoms with Gasteiger partial charge in [0.15, 0.2) is 0 Å². The highest BCUT2D eigenvalue weighted by Gasteiger charge is 1.06. The van der Waals surface area contributed by atoms with E-state index in [4.69, 9.17) is 0 Å². The summed E-state index contributed by atoms with van der Waals surface area (Å²) in [5.41, 5.74) is 0. The van der Waals surface area contributed by atoms with Crippen LogP contribution in [-0.4, -0.2) is 16.3 Å². The molecule has 0 rings (SSSR count). The fraction of sp³-hybridized carbons (Fsp3) is 1.00. The second kappa shape index (κ2) is 1130. The lowest BCUT2D eigenvalue weighted by atomic mass is 11.0. The van der Waals surface area contributed by atoms with Gasteiger partial charge in [-0.15, -0.1) is 5.79 Å². The van der Waals surface area contributed by atoms with Gasteiger partial charge < -0.3 is 0 Å². The SMILES string of the molecule is CC.CC.CC.[3HH].[CH3][AlH2]. The highest BCUT2D eigenvalue weighted by molar-refractivity contribution is 6.05. The van der Waals surface area contributed by atoms with Gasteiger partial charge in [0.05, 0.1) is 0 Å². The first-order valence-electron chi connectivity index (χ1n) is 4.00. The molecule has 0 bridgehead atoms. The fourth-order valence-corrected chi connectivity index (χ4v) is 0. The lowest BCUT2D eigenvalue weighted by molar-refractivity contribution is 1.50. The first-order valence-corrected chi connectivity index (χ1v) is 6.00. The maximum Gasteiger partial charge on any atom is 0.207 e. The maximum absolute atomic E-state index is 2.14. The van der Waals surface area contributed by atoms with Crippen molar-refractivity contribution in [2.24, 2.45) is 0 Å². The van der Waals surface area contributed by atoms with Crippen molar-refractivity contribution in [3.8, 4) is 0 Å². The Morgan fingerprint density at radius 2 is 0.625 bits per heavy atom. The third-order valence-corrected chi connectivity index (χ3v) is 0. The lowest BCUT2D eigenvalue weighted by Crippen LogP contribution is -1.13.